The number of esters is 3. The molecular formula is C14H17NO6S. The van der Waals surface area contributed by atoms with Gasteiger partial charge < -0.3 is 19.5 Å². The standard InChI is InChI=1S/C14H17NO6S/c1-4-20-12(16)6-10(14(18)21-5-2)15-11-8-22-7-9(11)13(17)19-3/h6-8,15H,4-5H2,1-3H3. The number of hydrogen-bond donors (Lipinski definition) is 1. The molecule has 7 nitrogen and oxygen atoms in total. The van der Waals surface area contributed by atoms with E-state index >= 15 is 0 Å². The fraction of sp³-hybridized carbons (Fsp3) is 0.357. The number of rotatable bonds is 7. The molecule has 0 radical (unpaired) electrons. The second-order valence-electron chi connectivity index (χ2n) is 3.85. The van der Waals surface area contributed by atoms with E-state index in [1.54, 1.807) is 24.6 Å². The van der Waals surface area contributed by atoms with Crippen molar-refractivity contribution in [2.75, 3.05) is 25.6 Å². The van der Waals surface area contributed by atoms with Gasteiger partial charge in [-0.1, -0.05) is 0 Å². The van der Waals surface area contributed by atoms with Crippen LogP contribution in [0.1, 0.15) is 24.2 Å². The quantitative estimate of drug-likeness (QED) is 0.465. The molecule has 0 saturated heterocycles. The van der Waals surface area contributed by atoms with Crippen LogP contribution in [0.5, 0.6) is 0 Å². The largest absolute Gasteiger partial charge is 0.465 e. The lowest BCUT2D eigenvalue weighted by Gasteiger charge is -2.10. The summed E-state index contributed by atoms with van der Waals surface area (Å²) in [7, 11) is 1.25. The van der Waals surface area contributed by atoms with Gasteiger partial charge in [0.2, 0.25) is 0 Å². The first-order valence-corrected chi connectivity index (χ1v) is 7.44. The molecule has 0 unspecified atom stereocenters. The van der Waals surface area contributed by atoms with Crippen LogP contribution in [0.25, 0.3) is 0 Å². The third-order valence-electron chi connectivity index (χ3n) is 2.38. The Labute approximate surface area is 131 Å². The van der Waals surface area contributed by atoms with Crippen LogP contribution in [0.15, 0.2) is 22.5 Å². The zero-order chi connectivity index (χ0) is 16.5. The summed E-state index contributed by atoms with van der Waals surface area (Å²) in [5.41, 5.74) is 0.482. The highest BCUT2D eigenvalue weighted by Crippen LogP contribution is 2.23. The van der Waals surface area contributed by atoms with Gasteiger partial charge in [-0.25, -0.2) is 14.4 Å². The van der Waals surface area contributed by atoms with E-state index in [0.717, 1.165) is 6.08 Å². The summed E-state index contributed by atoms with van der Waals surface area (Å²) in [5, 5.41) is 5.90. The van der Waals surface area contributed by atoms with Gasteiger partial charge in [-0.15, -0.1) is 11.3 Å². The maximum Gasteiger partial charge on any atom is 0.355 e. The maximum absolute atomic E-state index is 11.9. The first-order chi connectivity index (χ1) is 10.5. The van der Waals surface area contributed by atoms with Crippen molar-refractivity contribution >= 4 is 34.9 Å². The lowest BCUT2D eigenvalue weighted by atomic mass is 10.2. The van der Waals surface area contributed by atoms with Crippen molar-refractivity contribution in [3.8, 4) is 0 Å². The molecule has 0 aromatic carbocycles. The second-order valence-corrected chi connectivity index (χ2v) is 4.59. The summed E-state index contributed by atoms with van der Waals surface area (Å²) in [6.07, 6.45) is 0.986. The third kappa shape index (κ3) is 4.88. The van der Waals surface area contributed by atoms with Gasteiger partial charge in [0.1, 0.15) is 5.70 Å². The lowest BCUT2D eigenvalue weighted by Crippen LogP contribution is -2.18. The minimum atomic E-state index is -0.724. The zero-order valence-corrected chi connectivity index (χ0v) is 13.3. The molecule has 8 heteroatoms. The van der Waals surface area contributed by atoms with Crippen LogP contribution < -0.4 is 5.32 Å². The molecule has 1 aromatic heterocycles. The fourth-order valence-corrected chi connectivity index (χ4v) is 2.21. The molecule has 1 heterocycles. The van der Waals surface area contributed by atoms with Crippen molar-refractivity contribution in [2.24, 2.45) is 0 Å². The molecular weight excluding hydrogens is 310 g/mol. The summed E-state index contributed by atoms with van der Waals surface area (Å²) in [6.45, 7) is 3.62. The molecule has 0 aliphatic heterocycles. The SMILES string of the molecule is CCOC(=O)C=C(Nc1cscc1C(=O)OC)C(=O)OCC. The van der Waals surface area contributed by atoms with Gasteiger partial charge in [0.25, 0.3) is 0 Å². The summed E-state index contributed by atoms with van der Waals surface area (Å²) in [4.78, 5) is 35.0. The number of hydrogen-bond acceptors (Lipinski definition) is 8. The number of carbonyl (C=O) groups excluding carboxylic acids is 3. The second kappa shape index (κ2) is 8.83. The first-order valence-electron chi connectivity index (χ1n) is 6.50. The zero-order valence-electron chi connectivity index (χ0n) is 12.5. The number of ether oxygens (including phenoxy) is 3. The average molecular weight is 327 g/mol. The molecule has 0 saturated carbocycles. The van der Waals surface area contributed by atoms with E-state index in [2.05, 4.69) is 10.1 Å². The average Bonchev–Trinajstić information content (AvgIpc) is 2.94. The number of nitrogens with one attached hydrogen (secondary N) is 1. The van der Waals surface area contributed by atoms with Crippen LogP contribution >= 0.6 is 11.3 Å². The minimum absolute atomic E-state index is 0.121. The van der Waals surface area contributed by atoms with Crippen LogP contribution in [0, 0.1) is 0 Å². The van der Waals surface area contributed by atoms with Crippen LogP contribution in [-0.4, -0.2) is 38.2 Å². The number of thiophene rings is 1. The van der Waals surface area contributed by atoms with Crippen LogP contribution in [0.3, 0.4) is 0 Å². The highest BCUT2D eigenvalue weighted by Gasteiger charge is 2.19. The Balaban J connectivity index is 3.03. The Morgan fingerprint density at radius 3 is 2.45 bits per heavy atom. The molecule has 0 aliphatic carbocycles. The maximum atomic E-state index is 11.9. The van der Waals surface area contributed by atoms with E-state index in [1.165, 1.54) is 18.4 Å². The highest BCUT2D eigenvalue weighted by atomic mass is 32.1. The predicted octanol–water partition coefficient (Wildman–Crippen LogP) is 1.96. The summed E-state index contributed by atoms with van der Waals surface area (Å²) in [6, 6.07) is 0. The van der Waals surface area contributed by atoms with E-state index in [9.17, 15) is 14.4 Å². The van der Waals surface area contributed by atoms with Gasteiger partial charge in [-0.3, -0.25) is 0 Å². The Hall–Kier alpha value is -2.35. The molecule has 0 bridgehead atoms. The smallest absolute Gasteiger partial charge is 0.355 e. The molecule has 0 aliphatic rings. The van der Waals surface area contributed by atoms with Gasteiger partial charge in [0, 0.05) is 10.8 Å². The Morgan fingerprint density at radius 2 is 1.86 bits per heavy atom. The van der Waals surface area contributed by atoms with Gasteiger partial charge in [-0.2, -0.15) is 0 Å². The Bertz CT molecular complexity index is 578. The Morgan fingerprint density at radius 1 is 1.18 bits per heavy atom. The molecule has 1 rings (SSSR count). The Kier molecular flexibility index (Phi) is 7.11. The number of methoxy groups -OCH3 is 1. The number of carbonyl (C=O) groups is 3. The lowest BCUT2D eigenvalue weighted by molar-refractivity contribution is -0.140. The molecule has 0 spiro atoms. The molecule has 1 aromatic rings. The van der Waals surface area contributed by atoms with Crippen molar-refractivity contribution in [1.82, 2.24) is 0 Å². The van der Waals surface area contributed by atoms with E-state index in [1.807, 2.05) is 0 Å². The molecule has 0 atom stereocenters. The van der Waals surface area contributed by atoms with Gasteiger partial charge >= 0.3 is 17.9 Å². The van der Waals surface area contributed by atoms with Crippen LogP contribution in [0.4, 0.5) is 5.69 Å². The first kappa shape index (κ1) is 17.7. The van der Waals surface area contributed by atoms with Crippen LogP contribution in [0.2, 0.25) is 0 Å². The molecule has 120 valence electrons. The molecule has 1 N–H and O–H groups in total. The van der Waals surface area contributed by atoms with E-state index in [4.69, 9.17) is 9.47 Å². The number of anilines is 1. The topological polar surface area (TPSA) is 90.9 Å². The van der Waals surface area contributed by atoms with Crippen LogP contribution in [-0.2, 0) is 23.8 Å². The third-order valence-corrected chi connectivity index (χ3v) is 3.12. The van der Waals surface area contributed by atoms with Gasteiger partial charge in [0.05, 0.1) is 37.7 Å². The molecule has 0 fully saturated rings. The minimum Gasteiger partial charge on any atom is -0.465 e. The monoisotopic (exact) mass is 327 g/mol. The van der Waals surface area contributed by atoms with E-state index in [0.29, 0.717) is 5.69 Å². The van der Waals surface area contributed by atoms with Crippen molar-refractivity contribution < 1.29 is 28.6 Å². The molecule has 0 amide bonds. The predicted molar refractivity (Wildman–Crippen MR) is 80.6 cm³/mol. The highest BCUT2D eigenvalue weighted by molar-refractivity contribution is 7.08. The van der Waals surface area contributed by atoms with Crippen molar-refractivity contribution in [3.05, 3.63) is 28.1 Å². The van der Waals surface area contributed by atoms with E-state index < -0.39 is 17.9 Å². The summed E-state index contributed by atoms with van der Waals surface area (Å²) < 4.78 is 14.3. The van der Waals surface area contributed by atoms with Crippen molar-refractivity contribution in [2.45, 2.75) is 13.8 Å². The van der Waals surface area contributed by atoms with Crippen molar-refractivity contribution in [3.63, 3.8) is 0 Å². The van der Waals surface area contributed by atoms with Crippen molar-refractivity contribution in [1.29, 1.82) is 0 Å². The fourth-order valence-electron chi connectivity index (χ4n) is 1.46. The van der Waals surface area contributed by atoms with Gasteiger partial charge in [-0.05, 0) is 13.8 Å². The van der Waals surface area contributed by atoms with Gasteiger partial charge in [0.15, 0.2) is 0 Å². The summed E-state index contributed by atoms with van der Waals surface area (Å²) in [5.74, 6) is -1.96. The normalized spacial score (nSPS) is 10.8. The molecule has 22 heavy (non-hydrogen) atoms. The summed E-state index contributed by atoms with van der Waals surface area (Å²) >= 11 is 1.25. The van der Waals surface area contributed by atoms with E-state index in [-0.39, 0.29) is 24.5 Å².